The molecule has 3 rings (SSSR count). The maximum Gasteiger partial charge on any atom is 0.460 e. The Kier molecular flexibility index (Phi) is 12.1. The largest absolute Gasteiger partial charge is 0.460 e. The normalized spacial score (nSPS) is 14.6. The van der Waals surface area contributed by atoms with Crippen LogP contribution in [-0.2, 0) is 11.8 Å². The lowest BCUT2D eigenvalue weighted by atomic mass is 9.86. The van der Waals surface area contributed by atoms with E-state index in [1.165, 1.54) is 42.5 Å². The van der Waals surface area contributed by atoms with Crippen molar-refractivity contribution < 1.29 is 74.6 Å². The van der Waals surface area contributed by atoms with Crippen LogP contribution in [0.4, 0.5) is 74.6 Å². The van der Waals surface area contributed by atoms with E-state index >= 15 is 17.6 Å². The smallest absolute Gasteiger partial charge is 0.209 e. The lowest BCUT2D eigenvalue weighted by Gasteiger charge is -2.43. The van der Waals surface area contributed by atoms with Crippen molar-refractivity contribution in [3.8, 4) is 22.8 Å². The van der Waals surface area contributed by atoms with E-state index in [1.54, 1.807) is 0 Å². The van der Waals surface area contributed by atoms with Gasteiger partial charge < -0.3 is 0 Å². The number of alkyl halides is 19. The minimum Gasteiger partial charge on any atom is -0.209 e. The molecular formula is C31H18Cl2F17N3. The van der Waals surface area contributed by atoms with Crippen LogP contribution in [0.1, 0.15) is 17.0 Å². The van der Waals surface area contributed by atoms with Crippen molar-refractivity contribution in [1.29, 1.82) is 0 Å². The number of halogens is 19. The number of allylic oxidation sites excluding steroid dienone is 4. The summed E-state index contributed by atoms with van der Waals surface area (Å²) in [7, 11) is 0. The molecule has 0 saturated heterocycles. The Morgan fingerprint density at radius 3 is 1.58 bits per heavy atom. The molecule has 1 aromatic heterocycles. The summed E-state index contributed by atoms with van der Waals surface area (Å²) in [6.07, 6.45) is -2.92. The van der Waals surface area contributed by atoms with Gasteiger partial charge in [0, 0.05) is 28.5 Å². The number of benzene rings is 2. The fourth-order valence-electron chi connectivity index (χ4n) is 4.17. The van der Waals surface area contributed by atoms with Gasteiger partial charge in [-0.3, -0.25) is 0 Å². The SMILES string of the molecule is C=C/C(=C\C=C\c1nc(-c2ccc(CCl)cc2)nc(-c2ccccc2C(F)(F)C(F)(F)C(F)(F)C(F)(F)C(F)(F)C(F)(F)C(F)(F)C(F)(F)F)n1)CCl. The zero-order chi connectivity index (χ0) is 40.6. The Balaban J connectivity index is 2.28. The molecule has 2 aromatic carbocycles. The van der Waals surface area contributed by atoms with Crippen LogP contribution in [0.25, 0.3) is 28.9 Å². The molecule has 0 amide bonds. The zero-order valence-corrected chi connectivity index (χ0v) is 27.1. The Morgan fingerprint density at radius 1 is 0.604 bits per heavy atom. The van der Waals surface area contributed by atoms with Crippen molar-refractivity contribution in [2.24, 2.45) is 0 Å². The molecule has 0 N–H and O–H groups in total. The van der Waals surface area contributed by atoms with E-state index in [9.17, 15) is 57.1 Å². The maximum atomic E-state index is 15.5. The van der Waals surface area contributed by atoms with Crippen LogP contribution in [0.5, 0.6) is 0 Å². The number of aromatic nitrogens is 3. The van der Waals surface area contributed by atoms with Gasteiger partial charge in [0.25, 0.3) is 0 Å². The summed E-state index contributed by atoms with van der Waals surface area (Å²) < 4.78 is 239. The second kappa shape index (κ2) is 14.7. The van der Waals surface area contributed by atoms with E-state index < -0.39 is 76.2 Å². The van der Waals surface area contributed by atoms with E-state index in [1.807, 2.05) is 0 Å². The van der Waals surface area contributed by atoms with Gasteiger partial charge in [-0.2, -0.15) is 74.6 Å². The highest BCUT2D eigenvalue weighted by molar-refractivity contribution is 6.19. The van der Waals surface area contributed by atoms with Crippen molar-refractivity contribution in [3.05, 3.63) is 95.9 Å². The molecule has 0 bridgehead atoms. The molecule has 3 nitrogen and oxygen atoms in total. The number of nitrogens with zero attached hydrogens (tertiary/aromatic N) is 3. The van der Waals surface area contributed by atoms with Crippen LogP contribution in [0.2, 0.25) is 0 Å². The average Bonchev–Trinajstić information content (AvgIpc) is 3.09. The standard InChI is InChI=1S/C31H18Cl2F17N3/c1-2-16(14-32)6-5-9-21-51-22(18-12-10-17(15-33)11-13-18)53-23(52-21)19-7-3-4-8-20(19)24(34,35)25(36,37)26(38,39)27(40,41)28(42,43)29(44,45)30(46,47)31(48,49)50/h2-13H,1,14-15H2/b9-5+,16-6+. The summed E-state index contributed by atoms with van der Waals surface area (Å²) in [5.74, 6) is -59.7. The molecule has 0 radical (unpaired) electrons. The summed E-state index contributed by atoms with van der Waals surface area (Å²) in [6, 6.07) is 6.96. The molecule has 0 saturated carbocycles. The second-order valence-corrected chi connectivity index (χ2v) is 11.2. The highest BCUT2D eigenvalue weighted by Crippen LogP contribution is 2.65. The summed E-state index contributed by atoms with van der Waals surface area (Å²) in [5, 5.41) is 0. The van der Waals surface area contributed by atoms with Gasteiger partial charge in [0.2, 0.25) is 0 Å². The minimum absolute atomic E-state index is 0.00391. The van der Waals surface area contributed by atoms with E-state index in [0.717, 1.165) is 12.1 Å². The van der Waals surface area contributed by atoms with Crippen molar-refractivity contribution in [3.63, 3.8) is 0 Å². The lowest BCUT2D eigenvalue weighted by molar-refractivity contribution is -0.462. The van der Waals surface area contributed by atoms with Crippen LogP contribution in [-0.4, -0.2) is 62.5 Å². The van der Waals surface area contributed by atoms with E-state index in [4.69, 9.17) is 23.2 Å². The third-order valence-electron chi connectivity index (χ3n) is 7.22. The molecular weight excluding hydrogens is 808 g/mol. The molecule has 0 aliphatic carbocycles. The predicted octanol–water partition coefficient (Wildman–Crippen LogP) is 11.8. The fourth-order valence-corrected chi connectivity index (χ4v) is 4.55. The quantitative estimate of drug-likeness (QED) is 0.0923. The van der Waals surface area contributed by atoms with E-state index in [-0.39, 0.29) is 23.4 Å². The number of hydrogen-bond acceptors (Lipinski definition) is 3. The molecule has 0 aliphatic rings. The van der Waals surface area contributed by atoms with Crippen LogP contribution in [0.3, 0.4) is 0 Å². The summed E-state index contributed by atoms with van der Waals surface area (Å²) in [5.41, 5.74) is -2.86. The monoisotopic (exact) mass is 825 g/mol. The van der Waals surface area contributed by atoms with Crippen molar-refractivity contribution in [2.45, 2.75) is 53.5 Å². The highest BCUT2D eigenvalue weighted by Gasteiger charge is 2.95. The molecule has 0 fully saturated rings. The highest BCUT2D eigenvalue weighted by atomic mass is 35.5. The van der Waals surface area contributed by atoms with Crippen molar-refractivity contribution >= 4 is 29.3 Å². The Hall–Kier alpha value is -3.94. The third kappa shape index (κ3) is 7.32. The van der Waals surface area contributed by atoms with E-state index in [2.05, 4.69) is 21.5 Å². The first-order chi connectivity index (χ1) is 24.1. The molecule has 0 aliphatic heterocycles. The number of rotatable bonds is 14. The van der Waals surface area contributed by atoms with Gasteiger partial charge in [0.05, 0.1) is 0 Å². The van der Waals surface area contributed by atoms with Gasteiger partial charge in [0.1, 0.15) is 0 Å². The van der Waals surface area contributed by atoms with Crippen LogP contribution >= 0.6 is 23.2 Å². The molecule has 290 valence electrons. The van der Waals surface area contributed by atoms with E-state index in [0.29, 0.717) is 23.3 Å². The number of hydrogen-bond donors (Lipinski definition) is 0. The summed E-state index contributed by atoms with van der Waals surface area (Å²) >= 11 is 11.5. The van der Waals surface area contributed by atoms with Gasteiger partial charge in [-0.25, -0.2) is 15.0 Å². The molecule has 3 aromatic rings. The summed E-state index contributed by atoms with van der Waals surface area (Å²) in [6.45, 7) is 3.48. The zero-order valence-electron chi connectivity index (χ0n) is 25.6. The first-order valence-electron chi connectivity index (χ1n) is 13.9. The van der Waals surface area contributed by atoms with Crippen LogP contribution in [0, 0.1) is 0 Å². The minimum atomic E-state index is -8.76. The lowest BCUT2D eigenvalue weighted by Crippen LogP contribution is -2.74. The molecule has 22 heteroatoms. The molecule has 0 spiro atoms. The third-order valence-corrected chi connectivity index (χ3v) is 7.84. The summed E-state index contributed by atoms with van der Waals surface area (Å²) in [4.78, 5) is 11.6. The van der Waals surface area contributed by atoms with Crippen molar-refractivity contribution in [2.75, 3.05) is 5.88 Å². The predicted molar refractivity (Wildman–Crippen MR) is 158 cm³/mol. The van der Waals surface area contributed by atoms with Crippen molar-refractivity contribution in [1.82, 2.24) is 15.0 Å². The molecule has 0 atom stereocenters. The molecule has 0 unspecified atom stereocenters. The second-order valence-electron chi connectivity index (χ2n) is 10.7. The first-order valence-corrected chi connectivity index (χ1v) is 15.0. The topological polar surface area (TPSA) is 38.7 Å². The van der Waals surface area contributed by atoms with Crippen LogP contribution in [0.15, 0.2) is 78.9 Å². The van der Waals surface area contributed by atoms with Gasteiger partial charge in [-0.05, 0) is 17.2 Å². The fraction of sp³-hybridized carbons (Fsp3) is 0.323. The average molecular weight is 826 g/mol. The van der Waals surface area contributed by atoms with Gasteiger partial charge in [-0.1, -0.05) is 73.3 Å². The Morgan fingerprint density at radius 2 is 1.09 bits per heavy atom. The van der Waals surface area contributed by atoms with Gasteiger partial charge in [-0.15, -0.1) is 23.2 Å². The van der Waals surface area contributed by atoms with Gasteiger partial charge in [0.15, 0.2) is 17.5 Å². The first kappa shape index (κ1) is 43.5. The Bertz CT molecular complexity index is 1850. The molecule has 1 heterocycles. The van der Waals surface area contributed by atoms with Gasteiger partial charge >= 0.3 is 47.6 Å². The molecule has 53 heavy (non-hydrogen) atoms. The van der Waals surface area contributed by atoms with Crippen LogP contribution < -0.4 is 0 Å². The Labute approximate surface area is 296 Å². The maximum absolute atomic E-state index is 15.5.